The van der Waals surface area contributed by atoms with Gasteiger partial charge in [0.05, 0.1) is 0 Å². The van der Waals surface area contributed by atoms with Crippen LogP contribution in [-0.2, 0) is 18.4 Å². The Balaban J connectivity index is 1.88. The van der Waals surface area contributed by atoms with Gasteiger partial charge >= 0.3 is 0 Å². The van der Waals surface area contributed by atoms with Gasteiger partial charge in [-0.1, -0.05) is 25.7 Å². The maximum Gasteiger partial charge on any atom is 0.136 e. The summed E-state index contributed by atoms with van der Waals surface area (Å²) in [5.74, 6) is 2.00. The molecule has 1 aromatic rings. The molecule has 2 aliphatic carbocycles. The molecule has 0 unspecified atom stereocenters. The van der Waals surface area contributed by atoms with Crippen molar-refractivity contribution in [3.63, 3.8) is 0 Å². The molecular formula is C15H22O2. The SMILES string of the molecule is OC1(c2cc3c(o2)CCCCC3)CCCCC1. The van der Waals surface area contributed by atoms with E-state index in [0.717, 1.165) is 50.0 Å². The number of hydrogen-bond acceptors (Lipinski definition) is 2. The lowest BCUT2D eigenvalue weighted by Crippen LogP contribution is -2.27. The molecule has 2 heteroatoms. The lowest BCUT2D eigenvalue weighted by molar-refractivity contribution is -0.0206. The van der Waals surface area contributed by atoms with Crippen molar-refractivity contribution < 1.29 is 9.52 Å². The highest BCUT2D eigenvalue weighted by Gasteiger charge is 2.35. The van der Waals surface area contributed by atoms with E-state index in [4.69, 9.17) is 4.42 Å². The third-order valence-electron chi connectivity index (χ3n) is 4.39. The lowest BCUT2D eigenvalue weighted by Gasteiger charge is -2.29. The number of hydrogen-bond donors (Lipinski definition) is 1. The van der Waals surface area contributed by atoms with Crippen LogP contribution in [0, 0.1) is 0 Å². The highest BCUT2D eigenvalue weighted by molar-refractivity contribution is 5.26. The molecule has 17 heavy (non-hydrogen) atoms. The molecule has 3 rings (SSSR count). The summed E-state index contributed by atoms with van der Waals surface area (Å²) >= 11 is 0. The number of aliphatic hydroxyl groups is 1. The predicted molar refractivity (Wildman–Crippen MR) is 66.9 cm³/mol. The van der Waals surface area contributed by atoms with E-state index >= 15 is 0 Å². The molecule has 2 nitrogen and oxygen atoms in total. The Bertz CT molecular complexity index is 362. The second-order valence-corrected chi connectivity index (χ2v) is 5.71. The zero-order valence-electron chi connectivity index (χ0n) is 10.5. The maximum atomic E-state index is 10.7. The molecule has 0 bridgehead atoms. The Hall–Kier alpha value is -0.760. The van der Waals surface area contributed by atoms with Gasteiger partial charge in [0.15, 0.2) is 0 Å². The molecular weight excluding hydrogens is 212 g/mol. The predicted octanol–water partition coefficient (Wildman–Crippen LogP) is 3.70. The number of furan rings is 1. The van der Waals surface area contributed by atoms with E-state index in [1.165, 1.54) is 31.2 Å². The quantitative estimate of drug-likeness (QED) is 0.752. The van der Waals surface area contributed by atoms with Crippen LogP contribution in [0.25, 0.3) is 0 Å². The Labute approximate surface area is 103 Å². The standard InChI is InChI=1S/C15H22O2/c16-15(9-5-2-6-10-15)14-11-12-7-3-1-4-8-13(12)17-14/h11,16H,1-10H2. The van der Waals surface area contributed by atoms with Gasteiger partial charge in [0.25, 0.3) is 0 Å². The molecule has 0 saturated heterocycles. The minimum atomic E-state index is -0.662. The van der Waals surface area contributed by atoms with Gasteiger partial charge in [-0.15, -0.1) is 0 Å². The summed E-state index contributed by atoms with van der Waals surface area (Å²) in [6.07, 6.45) is 11.3. The lowest BCUT2D eigenvalue weighted by atomic mass is 9.83. The second kappa shape index (κ2) is 4.49. The van der Waals surface area contributed by atoms with Crippen LogP contribution in [0.4, 0.5) is 0 Å². The minimum absolute atomic E-state index is 0.662. The van der Waals surface area contributed by atoms with Crippen molar-refractivity contribution in [2.24, 2.45) is 0 Å². The van der Waals surface area contributed by atoms with Crippen LogP contribution in [0.15, 0.2) is 10.5 Å². The van der Waals surface area contributed by atoms with Crippen molar-refractivity contribution in [1.82, 2.24) is 0 Å². The summed E-state index contributed by atoms with van der Waals surface area (Å²) in [6.45, 7) is 0. The number of rotatable bonds is 1. The molecule has 0 amide bonds. The first kappa shape index (κ1) is 11.3. The molecule has 1 heterocycles. The first-order valence-electron chi connectivity index (χ1n) is 7.12. The third-order valence-corrected chi connectivity index (χ3v) is 4.39. The summed E-state index contributed by atoms with van der Waals surface area (Å²) in [5, 5.41) is 10.7. The molecule has 0 aliphatic heterocycles. The van der Waals surface area contributed by atoms with Crippen LogP contribution in [-0.4, -0.2) is 5.11 Å². The molecule has 0 radical (unpaired) electrons. The van der Waals surface area contributed by atoms with Gasteiger partial charge in [-0.3, -0.25) is 0 Å². The first-order valence-corrected chi connectivity index (χ1v) is 7.12. The van der Waals surface area contributed by atoms with Crippen molar-refractivity contribution >= 4 is 0 Å². The van der Waals surface area contributed by atoms with Crippen molar-refractivity contribution in [3.05, 3.63) is 23.2 Å². The molecule has 2 aliphatic rings. The number of fused-ring (bicyclic) bond motifs is 1. The molecule has 0 spiro atoms. The van der Waals surface area contributed by atoms with Crippen LogP contribution in [0.1, 0.15) is 68.5 Å². The Kier molecular flexibility index (Phi) is 2.99. The largest absolute Gasteiger partial charge is 0.463 e. The summed E-state index contributed by atoms with van der Waals surface area (Å²) in [6, 6.07) is 2.14. The summed E-state index contributed by atoms with van der Waals surface area (Å²) in [5.41, 5.74) is 0.696. The first-order chi connectivity index (χ1) is 8.28. The Morgan fingerprint density at radius 1 is 0.941 bits per heavy atom. The summed E-state index contributed by atoms with van der Waals surface area (Å²) in [7, 11) is 0. The Morgan fingerprint density at radius 2 is 1.65 bits per heavy atom. The van der Waals surface area contributed by atoms with E-state index in [0.29, 0.717) is 0 Å². The smallest absolute Gasteiger partial charge is 0.136 e. The molecule has 0 atom stereocenters. The van der Waals surface area contributed by atoms with Crippen molar-refractivity contribution in [3.8, 4) is 0 Å². The van der Waals surface area contributed by atoms with Crippen LogP contribution in [0.5, 0.6) is 0 Å². The van der Waals surface area contributed by atoms with Gasteiger partial charge in [0.1, 0.15) is 17.1 Å². The second-order valence-electron chi connectivity index (χ2n) is 5.71. The molecule has 94 valence electrons. The zero-order valence-corrected chi connectivity index (χ0v) is 10.5. The fourth-order valence-corrected chi connectivity index (χ4v) is 3.28. The number of aryl methyl sites for hydroxylation is 2. The van der Waals surface area contributed by atoms with Crippen molar-refractivity contribution in [2.45, 2.75) is 69.8 Å². The van der Waals surface area contributed by atoms with E-state index < -0.39 is 5.60 Å². The highest BCUT2D eigenvalue weighted by Crippen LogP contribution is 2.39. The molecule has 1 fully saturated rings. The van der Waals surface area contributed by atoms with Gasteiger partial charge in [-0.25, -0.2) is 0 Å². The average Bonchev–Trinajstić information content (AvgIpc) is 2.63. The van der Waals surface area contributed by atoms with E-state index in [-0.39, 0.29) is 0 Å². The van der Waals surface area contributed by atoms with Crippen LogP contribution >= 0.6 is 0 Å². The van der Waals surface area contributed by atoms with Gasteiger partial charge in [-0.2, -0.15) is 0 Å². The molecule has 1 saturated carbocycles. The van der Waals surface area contributed by atoms with E-state index in [1.807, 2.05) is 0 Å². The fourth-order valence-electron chi connectivity index (χ4n) is 3.28. The topological polar surface area (TPSA) is 33.4 Å². The van der Waals surface area contributed by atoms with E-state index in [2.05, 4.69) is 6.07 Å². The van der Waals surface area contributed by atoms with Gasteiger partial charge in [0.2, 0.25) is 0 Å². The van der Waals surface area contributed by atoms with Gasteiger partial charge in [0, 0.05) is 6.42 Å². The van der Waals surface area contributed by atoms with Crippen LogP contribution in [0.3, 0.4) is 0 Å². The van der Waals surface area contributed by atoms with E-state index in [1.54, 1.807) is 0 Å². The van der Waals surface area contributed by atoms with Crippen molar-refractivity contribution in [2.75, 3.05) is 0 Å². The summed E-state index contributed by atoms with van der Waals surface area (Å²) < 4.78 is 5.98. The van der Waals surface area contributed by atoms with Crippen LogP contribution in [0.2, 0.25) is 0 Å². The fraction of sp³-hybridized carbons (Fsp3) is 0.733. The highest BCUT2D eigenvalue weighted by atomic mass is 16.4. The minimum Gasteiger partial charge on any atom is -0.463 e. The van der Waals surface area contributed by atoms with Crippen molar-refractivity contribution in [1.29, 1.82) is 0 Å². The van der Waals surface area contributed by atoms with E-state index in [9.17, 15) is 5.11 Å². The summed E-state index contributed by atoms with van der Waals surface area (Å²) in [4.78, 5) is 0. The maximum absolute atomic E-state index is 10.7. The Morgan fingerprint density at radius 3 is 2.47 bits per heavy atom. The average molecular weight is 234 g/mol. The van der Waals surface area contributed by atoms with Gasteiger partial charge < -0.3 is 9.52 Å². The van der Waals surface area contributed by atoms with Gasteiger partial charge in [-0.05, 0) is 43.7 Å². The molecule has 1 aromatic heterocycles. The molecule has 0 aromatic carbocycles. The third kappa shape index (κ3) is 2.15. The zero-order chi connectivity index (χ0) is 11.7. The monoisotopic (exact) mass is 234 g/mol. The normalized spacial score (nSPS) is 24.1. The molecule has 1 N–H and O–H groups in total. The van der Waals surface area contributed by atoms with Crippen LogP contribution < -0.4 is 0 Å².